The summed E-state index contributed by atoms with van der Waals surface area (Å²) in [6.45, 7) is 2.54. The highest BCUT2D eigenvalue weighted by molar-refractivity contribution is 5.20. The predicted octanol–water partition coefficient (Wildman–Crippen LogP) is 1.85. The molecule has 4 nitrogen and oxygen atoms in total. The number of aliphatic hydroxyl groups excluding tert-OH is 1. The Bertz CT molecular complexity index is 542. The van der Waals surface area contributed by atoms with Crippen molar-refractivity contribution >= 4 is 0 Å². The molecule has 0 aliphatic rings. The second-order valence-corrected chi connectivity index (χ2v) is 3.89. The van der Waals surface area contributed by atoms with Crippen LogP contribution < -0.4 is 0 Å². The maximum Gasteiger partial charge on any atom is 0.159 e. The van der Waals surface area contributed by atoms with Gasteiger partial charge >= 0.3 is 0 Å². The van der Waals surface area contributed by atoms with Gasteiger partial charge in [0, 0.05) is 13.0 Å². The second-order valence-electron chi connectivity index (χ2n) is 3.89. The van der Waals surface area contributed by atoms with Gasteiger partial charge in [0.2, 0.25) is 0 Å². The Morgan fingerprint density at radius 2 is 2.11 bits per heavy atom. The molecule has 0 saturated heterocycles. The molecular weight excluding hydrogens is 240 g/mol. The van der Waals surface area contributed by atoms with Crippen LogP contribution in [0.15, 0.2) is 24.5 Å². The average Bonchev–Trinajstić information content (AvgIpc) is 2.79. The molecule has 0 aliphatic carbocycles. The fourth-order valence-corrected chi connectivity index (χ4v) is 1.72. The van der Waals surface area contributed by atoms with Gasteiger partial charge in [0.1, 0.15) is 12.2 Å². The summed E-state index contributed by atoms with van der Waals surface area (Å²) in [7, 11) is 0. The number of aromatic nitrogens is 3. The summed E-state index contributed by atoms with van der Waals surface area (Å²) in [6, 6.07) is 3.35. The Hall–Kier alpha value is -1.82. The largest absolute Gasteiger partial charge is 0.388 e. The summed E-state index contributed by atoms with van der Waals surface area (Å²) in [5.41, 5.74) is 0.319. The van der Waals surface area contributed by atoms with Crippen molar-refractivity contribution in [3.63, 3.8) is 0 Å². The van der Waals surface area contributed by atoms with Gasteiger partial charge in [-0.1, -0.05) is 6.07 Å². The summed E-state index contributed by atoms with van der Waals surface area (Å²) >= 11 is 0. The Morgan fingerprint density at radius 3 is 2.78 bits per heavy atom. The van der Waals surface area contributed by atoms with Crippen molar-refractivity contribution in [2.75, 3.05) is 0 Å². The van der Waals surface area contributed by atoms with Crippen LogP contribution in [0.2, 0.25) is 0 Å². The van der Waals surface area contributed by atoms with Crippen molar-refractivity contribution in [1.29, 1.82) is 0 Å². The van der Waals surface area contributed by atoms with Gasteiger partial charge in [0.15, 0.2) is 11.6 Å². The van der Waals surface area contributed by atoms with E-state index in [1.54, 1.807) is 4.68 Å². The fraction of sp³-hybridized carbons (Fsp3) is 0.333. The number of nitrogens with zero attached hydrogens (tertiary/aromatic N) is 3. The first-order valence-electron chi connectivity index (χ1n) is 5.61. The van der Waals surface area contributed by atoms with Crippen molar-refractivity contribution in [2.24, 2.45) is 0 Å². The van der Waals surface area contributed by atoms with Crippen LogP contribution >= 0.6 is 0 Å². The highest BCUT2D eigenvalue weighted by Crippen LogP contribution is 2.19. The average molecular weight is 253 g/mol. The second kappa shape index (κ2) is 5.22. The predicted molar refractivity (Wildman–Crippen MR) is 60.7 cm³/mol. The van der Waals surface area contributed by atoms with Crippen LogP contribution in [0.25, 0.3) is 0 Å². The topological polar surface area (TPSA) is 50.9 Å². The SMILES string of the molecule is CCn1ncnc1CC(O)c1ccc(F)c(F)c1. The smallest absolute Gasteiger partial charge is 0.159 e. The molecule has 1 unspecified atom stereocenters. The zero-order chi connectivity index (χ0) is 13.1. The van der Waals surface area contributed by atoms with E-state index in [4.69, 9.17) is 0 Å². The number of benzene rings is 1. The molecule has 2 aromatic rings. The Kier molecular flexibility index (Phi) is 3.66. The van der Waals surface area contributed by atoms with Crippen LogP contribution in [0.5, 0.6) is 0 Å². The molecule has 0 radical (unpaired) electrons. The van der Waals surface area contributed by atoms with Gasteiger partial charge in [-0.3, -0.25) is 4.68 Å². The standard InChI is InChI=1S/C12H13F2N3O/c1-2-17-12(15-7-16-17)6-11(18)8-3-4-9(13)10(14)5-8/h3-5,7,11,18H,2,6H2,1H3. The van der Waals surface area contributed by atoms with Crippen molar-refractivity contribution in [3.8, 4) is 0 Å². The number of rotatable bonds is 4. The molecule has 0 fully saturated rings. The van der Waals surface area contributed by atoms with E-state index < -0.39 is 17.7 Å². The zero-order valence-electron chi connectivity index (χ0n) is 9.85. The van der Waals surface area contributed by atoms with Crippen LogP contribution in [0.3, 0.4) is 0 Å². The third kappa shape index (κ3) is 2.53. The van der Waals surface area contributed by atoms with Crippen molar-refractivity contribution in [1.82, 2.24) is 14.8 Å². The van der Waals surface area contributed by atoms with Crippen LogP contribution in [0.4, 0.5) is 8.78 Å². The molecule has 1 atom stereocenters. The molecule has 0 bridgehead atoms. The molecule has 1 heterocycles. The molecule has 1 aromatic carbocycles. The molecule has 2 rings (SSSR count). The maximum absolute atomic E-state index is 13.0. The Balaban J connectivity index is 2.16. The molecule has 1 N–H and O–H groups in total. The highest BCUT2D eigenvalue weighted by atomic mass is 19.2. The van der Waals surface area contributed by atoms with Gasteiger partial charge in [-0.05, 0) is 24.6 Å². The molecule has 1 aromatic heterocycles. The summed E-state index contributed by atoms with van der Waals surface area (Å²) in [5, 5.41) is 13.9. The van der Waals surface area contributed by atoms with E-state index in [2.05, 4.69) is 10.1 Å². The van der Waals surface area contributed by atoms with E-state index in [1.165, 1.54) is 12.4 Å². The van der Waals surface area contributed by atoms with Gasteiger partial charge < -0.3 is 5.11 Å². The van der Waals surface area contributed by atoms with E-state index in [0.29, 0.717) is 17.9 Å². The normalized spacial score (nSPS) is 12.7. The third-order valence-corrected chi connectivity index (χ3v) is 2.70. The third-order valence-electron chi connectivity index (χ3n) is 2.70. The summed E-state index contributed by atoms with van der Waals surface area (Å²) in [5.74, 6) is -1.29. The number of aryl methyl sites for hydroxylation is 1. The Labute approximate surface area is 103 Å². The van der Waals surface area contributed by atoms with Gasteiger partial charge in [0.25, 0.3) is 0 Å². The summed E-state index contributed by atoms with van der Waals surface area (Å²) in [4.78, 5) is 4.02. The van der Waals surface area contributed by atoms with Gasteiger partial charge in [-0.15, -0.1) is 0 Å². The van der Waals surface area contributed by atoms with Gasteiger partial charge in [0.05, 0.1) is 6.10 Å². The summed E-state index contributed by atoms with van der Waals surface area (Å²) < 4.78 is 27.5. The maximum atomic E-state index is 13.0. The zero-order valence-corrected chi connectivity index (χ0v) is 9.85. The Morgan fingerprint density at radius 1 is 1.33 bits per heavy atom. The molecule has 96 valence electrons. The number of hydrogen-bond acceptors (Lipinski definition) is 3. The van der Waals surface area contributed by atoms with Crippen molar-refractivity contribution in [3.05, 3.63) is 47.5 Å². The van der Waals surface area contributed by atoms with E-state index in [1.807, 2.05) is 6.92 Å². The number of aliphatic hydroxyl groups is 1. The molecule has 0 aliphatic heterocycles. The fourth-order valence-electron chi connectivity index (χ4n) is 1.72. The number of hydrogen-bond donors (Lipinski definition) is 1. The van der Waals surface area contributed by atoms with E-state index >= 15 is 0 Å². The van der Waals surface area contributed by atoms with Crippen LogP contribution in [0.1, 0.15) is 24.4 Å². The monoisotopic (exact) mass is 253 g/mol. The quantitative estimate of drug-likeness (QED) is 0.904. The van der Waals surface area contributed by atoms with Crippen LogP contribution in [-0.2, 0) is 13.0 Å². The first kappa shape index (κ1) is 12.6. The minimum atomic E-state index is -0.969. The first-order chi connectivity index (χ1) is 8.61. The lowest BCUT2D eigenvalue weighted by Crippen LogP contribution is -2.10. The minimum absolute atomic E-state index is 0.207. The molecular formula is C12H13F2N3O. The molecule has 0 saturated carbocycles. The van der Waals surface area contributed by atoms with Crippen LogP contribution in [0, 0.1) is 11.6 Å². The van der Waals surface area contributed by atoms with Gasteiger partial charge in [-0.2, -0.15) is 5.10 Å². The van der Waals surface area contributed by atoms with Gasteiger partial charge in [-0.25, -0.2) is 13.8 Å². The van der Waals surface area contributed by atoms with Crippen molar-refractivity contribution < 1.29 is 13.9 Å². The lowest BCUT2D eigenvalue weighted by Gasteiger charge is -2.11. The lowest BCUT2D eigenvalue weighted by atomic mass is 10.1. The summed E-state index contributed by atoms with van der Waals surface area (Å²) in [6.07, 6.45) is 0.671. The molecule has 6 heteroatoms. The van der Waals surface area contributed by atoms with Crippen LogP contribution in [-0.4, -0.2) is 19.9 Å². The molecule has 18 heavy (non-hydrogen) atoms. The van der Waals surface area contributed by atoms with E-state index in [-0.39, 0.29) is 6.42 Å². The van der Waals surface area contributed by atoms with E-state index in [9.17, 15) is 13.9 Å². The minimum Gasteiger partial charge on any atom is -0.388 e. The van der Waals surface area contributed by atoms with E-state index in [0.717, 1.165) is 12.1 Å². The van der Waals surface area contributed by atoms with Crippen molar-refractivity contribution in [2.45, 2.75) is 26.0 Å². The lowest BCUT2D eigenvalue weighted by molar-refractivity contribution is 0.173. The first-order valence-corrected chi connectivity index (χ1v) is 5.61. The molecule has 0 spiro atoms. The highest BCUT2D eigenvalue weighted by Gasteiger charge is 2.14. The number of halogens is 2. The molecule has 0 amide bonds.